The number of halogens is 3. The highest BCUT2D eigenvalue weighted by molar-refractivity contribution is 7.61. The molecule has 1 saturated heterocycles. The maximum absolute atomic E-state index is 14.0. The van der Waals surface area contributed by atoms with Crippen molar-refractivity contribution in [2.75, 3.05) is 6.61 Å². The number of carbonyl (C=O) groups excluding carboxylic acids is 2. The quantitative estimate of drug-likeness (QED) is 0.0227. The number of aromatic amines is 1. The molecular weight excluding hydrogens is 857 g/mol. The zero-order valence-electron chi connectivity index (χ0n) is 32.3. The van der Waals surface area contributed by atoms with Crippen LogP contribution in [0, 0.1) is 6.92 Å². The van der Waals surface area contributed by atoms with E-state index in [2.05, 4.69) is 15.0 Å². The number of benzene rings is 3. The van der Waals surface area contributed by atoms with Crippen LogP contribution in [0.25, 0.3) is 10.4 Å². The van der Waals surface area contributed by atoms with E-state index in [0.717, 1.165) is 35.3 Å². The fourth-order valence-electron chi connectivity index (χ4n) is 5.51. The lowest BCUT2D eigenvalue weighted by atomic mass is 10.1. The van der Waals surface area contributed by atoms with E-state index >= 15 is 0 Å². The SMILES string of the molecule is CCCCC(=O)Oc1ccc(COP(=O)(OCc2ccc(OC(=O)c3ccc(C(F)(F)F)cc3)cc2)OP(=O)(O)OC[C@H]2O[C@@H](n3cc(C)c(=O)[nH]c3=O)C[C@@H]2N=[N+]=[N-])cc1. The van der Waals surface area contributed by atoms with E-state index in [1.54, 1.807) is 0 Å². The molecule has 3 aromatic carbocycles. The fraction of sp³-hybridized carbons (Fsp3) is 0.351. The molecule has 0 amide bonds. The number of alkyl halides is 3. The summed E-state index contributed by atoms with van der Waals surface area (Å²) in [5.74, 6) is -1.19. The first-order chi connectivity index (χ1) is 28.9. The van der Waals surface area contributed by atoms with Crippen LogP contribution in [0.5, 0.6) is 11.5 Å². The molecule has 2 N–H and O–H groups in total. The molecule has 1 aliphatic rings. The molecule has 61 heavy (non-hydrogen) atoms. The number of hydrogen-bond donors (Lipinski definition) is 2. The van der Waals surface area contributed by atoms with Gasteiger partial charge in [-0.2, -0.15) is 17.5 Å². The second-order valence-electron chi connectivity index (χ2n) is 13.3. The number of azide groups is 1. The maximum Gasteiger partial charge on any atom is 0.484 e. The van der Waals surface area contributed by atoms with Crippen molar-refractivity contribution in [3.05, 3.63) is 138 Å². The zero-order chi connectivity index (χ0) is 44.4. The van der Waals surface area contributed by atoms with Gasteiger partial charge in [0.05, 0.1) is 43.1 Å². The topological polar surface area (TPSA) is 257 Å². The van der Waals surface area contributed by atoms with Crippen LogP contribution in [0.4, 0.5) is 13.2 Å². The number of phosphoric ester groups is 2. The molecule has 24 heteroatoms. The summed E-state index contributed by atoms with van der Waals surface area (Å²) in [5.41, 5.74) is 7.31. The molecule has 0 saturated carbocycles. The van der Waals surface area contributed by atoms with Crippen LogP contribution in [0.3, 0.4) is 0 Å². The van der Waals surface area contributed by atoms with Crippen LogP contribution in [-0.4, -0.2) is 45.1 Å². The lowest BCUT2D eigenvalue weighted by Gasteiger charge is -2.22. The number of unbranched alkanes of at least 4 members (excludes halogenated alkanes) is 1. The predicted octanol–water partition coefficient (Wildman–Crippen LogP) is 7.82. The fourth-order valence-corrected chi connectivity index (χ4v) is 8.11. The number of aromatic nitrogens is 2. The zero-order valence-corrected chi connectivity index (χ0v) is 34.0. The van der Waals surface area contributed by atoms with Gasteiger partial charge in [0.15, 0.2) is 0 Å². The van der Waals surface area contributed by atoms with Crippen molar-refractivity contribution in [3.8, 4) is 11.5 Å². The molecule has 2 heterocycles. The van der Waals surface area contributed by atoms with E-state index in [9.17, 15) is 46.4 Å². The second-order valence-corrected chi connectivity index (χ2v) is 16.5. The van der Waals surface area contributed by atoms with E-state index in [4.69, 9.17) is 37.6 Å². The lowest BCUT2D eigenvalue weighted by Crippen LogP contribution is -2.33. The molecule has 326 valence electrons. The standard InChI is InChI=1S/C37H38F3N5O14P2/c1-3-4-5-33(46)56-28-14-6-24(7-15-28)20-54-61(52,55-21-25-8-16-29(17-9-25)57-35(48)26-10-12-27(13-11-26)37(38,39)40)59-60(50,51)53-22-31-30(43-44-41)18-32(58-31)45-19-23(2)34(47)42-36(45)49/h6-17,19,30-32H,3-5,18,20-22H2,1-2H3,(H,50,51)(H,42,47,49)/t30-,31+,32+,61?/m0/s1. The van der Waals surface area contributed by atoms with E-state index in [1.165, 1.54) is 61.7 Å². The highest BCUT2D eigenvalue weighted by atomic mass is 31.3. The highest BCUT2D eigenvalue weighted by Crippen LogP contribution is 2.64. The van der Waals surface area contributed by atoms with Gasteiger partial charge in [-0.3, -0.25) is 32.7 Å². The summed E-state index contributed by atoms with van der Waals surface area (Å²) in [6.07, 6.45) is -4.15. The summed E-state index contributed by atoms with van der Waals surface area (Å²) < 4.78 is 104. The lowest BCUT2D eigenvalue weighted by molar-refractivity contribution is -0.137. The number of rotatable bonds is 19. The van der Waals surface area contributed by atoms with Crippen molar-refractivity contribution < 1.29 is 68.9 Å². The first-order valence-corrected chi connectivity index (χ1v) is 21.2. The Bertz CT molecular complexity index is 2440. The first kappa shape index (κ1) is 46.7. The van der Waals surface area contributed by atoms with Gasteiger partial charge >= 0.3 is 39.5 Å². The molecule has 1 aromatic heterocycles. The van der Waals surface area contributed by atoms with Crippen molar-refractivity contribution >= 4 is 27.6 Å². The number of esters is 2. The Morgan fingerprint density at radius 3 is 2.10 bits per heavy atom. The number of carbonyl (C=O) groups is 2. The van der Waals surface area contributed by atoms with Crippen molar-refractivity contribution in [1.82, 2.24) is 9.55 Å². The van der Waals surface area contributed by atoms with Gasteiger partial charge < -0.3 is 19.1 Å². The number of aryl methyl sites for hydroxylation is 1. The molecule has 1 aliphatic heterocycles. The Morgan fingerprint density at radius 1 is 0.951 bits per heavy atom. The average Bonchev–Trinajstić information content (AvgIpc) is 3.62. The molecule has 5 rings (SSSR count). The molecular formula is C37H38F3N5O14P2. The van der Waals surface area contributed by atoms with Crippen LogP contribution >= 0.6 is 15.6 Å². The molecule has 0 aliphatic carbocycles. The number of nitrogens with zero attached hydrogens (tertiary/aromatic N) is 4. The van der Waals surface area contributed by atoms with Gasteiger partial charge in [0.25, 0.3) is 5.56 Å². The minimum atomic E-state index is -5.39. The van der Waals surface area contributed by atoms with Gasteiger partial charge in [0.1, 0.15) is 17.7 Å². The average molecular weight is 896 g/mol. The van der Waals surface area contributed by atoms with Crippen LogP contribution in [0.15, 0.2) is 93.7 Å². The predicted molar refractivity (Wildman–Crippen MR) is 206 cm³/mol. The van der Waals surface area contributed by atoms with Gasteiger partial charge in [-0.05, 0) is 78.5 Å². The Labute approximate surface area is 344 Å². The largest absolute Gasteiger partial charge is 0.484 e. The summed E-state index contributed by atoms with van der Waals surface area (Å²) in [7, 11) is -10.5. The minimum Gasteiger partial charge on any atom is -0.427 e. The van der Waals surface area contributed by atoms with Gasteiger partial charge in [-0.25, -0.2) is 18.7 Å². The Morgan fingerprint density at radius 2 is 1.54 bits per heavy atom. The number of ether oxygens (including phenoxy) is 3. The summed E-state index contributed by atoms with van der Waals surface area (Å²) in [5, 5.41) is 3.61. The third-order valence-electron chi connectivity index (χ3n) is 8.72. The number of H-pyrrole nitrogens is 1. The van der Waals surface area contributed by atoms with Crippen LogP contribution < -0.4 is 20.7 Å². The van der Waals surface area contributed by atoms with E-state index in [0.29, 0.717) is 12.0 Å². The molecule has 5 atom stereocenters. The minimum absolute atomic E-state index is 0.0203. The normalized spacial score (nSPS) is 18.4. The van der Waals surface area contributed by atoms with Gasteiger partial charge in [0.2, 0.25) is 0 Å². The third kappa shape index (κ3) is 13.5. The Kier molecular flexibility index (Phi) is 15.6. The highest BCUT2D eigenvalue weighted by Gasteiger charge is 2.42. The van der Waals surface area contributed by atoms with E-state index in [1.807, 2.05) is 6.92 Å². The third-order valence-corrected chi connectivity index (χ3v) is 11.7. The summed E-state index contributed by atoms with van der Waals surface area (Å²) in [6, 6.07) is 13.4. The summed E-state index contributed by atoms with van der Waals surface area (Å²) >= 11 is 0. The number of phosphoric acid groups is 2. The Balaban J connectivity index is 1.27. The first-order valence-electron chi connectivity index (χ1n) is 18.2. The van der Waals surface area contributed by atoms with E-state index < -0.39 is 88.8 Å². The van der Waals surface area contributed by atoms with Crippen LogP contribution in [0.1, 0.15) is 71.4 Å². The molecule has 2 unspecified atom stereocenters. The number of hydrogen-bond acceptors (Lipinski definition) is 14. The number of nitrogens with one attached hydrogen (secondary N) is 1. The molecule has 0 spiro atoms. The van der Waals surface area contributed by atoms with Gasteiger partial charge in [-0.1, -0.05) is 42.7 Å². The van der Waals surface area contributed by atoms with E-state index in [-0.39, 0.29) is 41.0 Å². The molecule has 1 fully saturated rings. The van der Waals surface area contributed by atoms with Gasteiger partial charge in [-0.15, -0.1) is 0 Å². The van der Waals surface area contributed by atoms with Crippen molar-refractivity contribution in [2.45, 2.75) is 77.3 Å². The summed E-state index contributed by atoms with van der Waals surface area (Å²) in [6.45, 7) is 1.46. The van der Waals surface area contributed by atoms with Crippen molar-refractivity contribution in [2.24, 2.45) is 5.11 Å². The molecule has 19 nitrogen and oxygen atoms in total. The monoisotopic (exact) mass is 895 g/mol. The molecule has 0 bridgehead atoms. The van der Waals surface area contributed by atoms with Crippen molar-refractivity contribution in [3.63, 3.8) is 0 Å². The molecule has 4 aromatic rings. The Hall–Kier alpha value is -5.40. The smallest absolute Gasteiger partial charge is 0.427 e. The van der Waals surface area contributed by atoms with Crippen molar-refractivity contribution in [1.29, 1.82) is 0 Å². The van der Waals surface area contributed by atoms with Crippen LogP contribution in [-0.2, 0) is 55.9 Å². The van der Waals surface area contributed by atoms with Gasteiger partial charge in [0, 0.05) is 29.5 Å². The molecule has 0 radical (unpaired) electrons. The van der Waals surface area contributed by atoms with Crippen LogP contribution in [0.2, 0.25) is 0 Å². The summed E-state index contributed by atoms with van der Waals surface area (Å²) in [4.78, 5) is 64.4. The maximum atomic E-state index is 14.0. The second kappa shape index (κ2) is 20.4.